The van der Waals surface area contributed by atoms with Crippen molar-refractivity contribution in [2.75, 3.05) is 9.80 Å². The fourth-order valence-corrected chi connectivity index (χ4v) is 9.04. The first kappa shape index (κ1) is 49.6. The Morgan fingerprint density at radius 3 is 1.67 bits per heavy atom. The fourth-order valence-electron chi connectivity index (χ4n) is 9.04. The van der Waals surface area contributed by atoms with Crippen LogP contribution in [-0.4, -0.2) is 9.55 Å². The van der Waals surface area contributed by atoms with Crippen molar-refractivity contribution in [3.05, 3.63) is 174 Å². The average molecular weight is 1100 g/mol. The van der Waals surface area contributed by atoms with Crippen molar-refractivity contribution in [1.82, 2.24) is 9.55 Å². The Balaban J connectivity index is 0.00000642. The van der Waals surface area contributed by atoms with Gasteiger partial charge < -0.3 is 23.8 Å². The number of benzene rings is 6. The molecule has 8 aromatic rings. The first-order valence-electron chi connectivity index (χ1n) is 24.0. The predicted molar refractivity (Wildman–Crippen MR) is 284 cm³/mol. The van der Waals surface area contributed by atoms with Crippen LogP contribution in [-0.2, 0) is 48.1 Å². The number of hydrogen-bond acceptors (Lipinski definition) is 5. The summed E-state index contributed by atoms with van der Waals surface area (Å²) >= 11 is 0. The Morgan fingerprint density at radius 2 is 1.06 bits per heavy atom. The summed E-state index contributed by atoms with van der Waals surface area (Å²) in [4.78, 5) is 9.46. The van der Waals surface area contributed by atoms with E-state index < -0.39 is 0 Å². The number of ether oxygens (including phenoxy) is 2. The molecule has 0 unspecified atom stereocenters. The molecule has 2 aromatic heterocycles. The molecule has 0 amide bonds. The van der Waals surface area contributed by atoms with Crippen molar-refractivity contribution in [1.29, 1.82) is 0 Å². The van der Waals surface area contributed by atoms with Gasteiger partial charge in [-0.05, 0) is 85.5 Å². The minimum atomic E-state index is -0.158. The fraction of sp³-hybridized carbons (Fsp3) is 0.323. The summed E-state index contributed by atoms with van der Waals surface area (Å²) in [7, 11) is 0. The number of anilines is 4. The second-order valence-electron chi connectivity index (χ2n) is 23.7. The minimum absolute atomic E-state index is 0. The molecule has 6 nitrogen and oxygen atoms in total. The summed E-state index contributed by atoms with van der Waals surface area (Å²) in [6.07, 6.45) is 1.84. The molecule has 0 fully saturated rings. The number of fused-ring (bicyclic) bond motifs is 4. The molecule has 0 aliphatic carbocycles. The summed E-state index contributed by atoms with van der Waals surface area (Å²) in [6, 6.07) is 50.1. The van der Waals surface area contributed by atoms with Gasteiger partial charge in [-0.1, -0.05) is 158 Å². The SMILES string of the molecule is CC(C)(C)c1cc(N2[CH-]N(c3[c-]c(Oc4[c-]c5c(cc4)c4ccccc4n5-c4cc(Oc5c(C(C)(C)C)cc(C(C)(C)C)cc5C(C)(C)C)ccn4)ccc3)c3ccccc32)cc(C(C)(C)C)c1.[Pt]. The summed E-state index contributed by atoms with van der Waals surface area (Å²) in [6.45, 7) is 36.3. The summed E-state index contributed by atoms with van der Waals surface area (Å²) in [5.74, 6) is 3.52. The third kappa shape index (κ3) is 9.85. The molecule has 0 atom stereocenters. The Bertz CT molecular complexity index is 3130. The molecular weight excluding hydrogens is 1030 g/mol. The zero-order valence-corrected chi connectivity index (χ0v) is 45.4. The standard InChI is InChI=1S/C62H67N4O2.Pt/c1-58(2,3)40-31-41(59(4,5)6)33-44(32-40)65-39-64(53-25-18-19-26-54(53)65)43-21-20-22-45(36-43)67-46-27-28-49-48-23-16-17-24-52(48)66(55(49)37-46)56-38-47(29-30-63-56)68-57-50(61(10,11)12)34-42(60(7,8)9)35-51(57)62(13,14)15;/h16-35,38-39H,1-15H3;/q-3;. The van der Waals surface area contributed by atoms with Crippen LogP contribution in [0, 0.1) is 18.8 Å². The molecular formula is C62H67N4O2Pt-3. The van der Waals surface area contributed by atoms with E-state index in [4.69, 9.17) is 14.5 Å². The van der Waals surface area contributed by atoms with Gasteiger partial charge in [0.1, 0.15) is 17.3 Å². The molecule has 1 aliphatic heterocycles. The minimum Gasteiger partial charge on any atom is -0.509 e. The van der Waals surface area contributed by atoms with Gasteiger partial charge in [0, 0.05) is 78.5 Å². The van der Waals surface area contributed by atoms with E-state index in [0.717, 1.165) is 61.9 Å². The maximum absolute atomic E-state index is 7.07. The predicted octanol–water partition coefficient (Wildman–Crippen LogP) is 17.3. The van der Waals surface area contributed by atoms with E-state index >= 15 is 0 Å². The maximum atomic E-state index is 7.07. The molecule has 360 valence electrons. The molecule has 0 saturated heterocycles. The molecule has 0 N–H and O–H groups in total. The number of pyridine rings is 1. The van der Waals surface area contributed by atoms with Crippen LogP contribution in [0.3, 0.4) is 0 Å². The van der Waals surface area contributed by atoms with Crippen molar-refractivity contribution in [3.8, 4) is 28.8 Å². The van der Waals surface area contributed by atoms with Gasteiger partial charge in [0.05, 0.1) is 0 Å². The second-order valence-corrected chi connectivity index (χ2v) is 23.7. The molecule has 69 heavy (non-hydrogen) atoms. The molecule has 0 saturated carbocycles. The molecule has 0 spiro atoms. The van der Waals surface area contributed by atoms with Crippen LogP contribution >= 0.6 is 0 Å². The summed E-state index contributed by atoms with van der Waals surface area (Å²) < 4.78 is 15.9. The first-order valence-corrected chi connectivity index (χ1v) is 24.0. The Hall–Kier alpha value is -5.84. The number of hydrogen-bond donors (Lipinski definition) is 0. The van der Waals surface area contributed by atoms with E-state index in [2.05, 4.69) is 228 Å². The maximum Gasteiger partial charge on any atom is 0.139 e. The van der Waals surface area contributed by atoms with Gasteiger partial charge in [-0.15, -0.1) is 48.1 Å². The van der Waals surface area contributed by atoms with Gasteiger partial charge in [-0.25, -0.2) is 4.98 Å². The van der Waals surface area contributed by atoms with Crippen LogP contribution in [0.2, 0.25) is 0 Å². The van der Waals surface area contributed by atoms with Crippen molar-refractivity contribution < 1.29 is 30.5 Å². The monoisotopic (exact) mass is 1090 g/mol. The van der Waals surface area contributed by atoms with Crippen molar-refractivity contribution in [2.45, 2.75) is 131 Å². The van der Waals surface area contributed by atoms with Gasteiger partial charge in [0.2, 0.25) is 0 Å². The van der Waals surface area contributed by atoms with Gasteiger partial charge in [-0.3, -0.25) is 0 Å². The zero-order chi connectivity index (χ0) is 48.7. The van der Waals surface area contributed by atoms with Crippen LogP contribution in [0.15, 0.2) is 128 Å². The van der Waals surface area contributed by atoms with Gasteiger partial charge in [0.25, 0.3) is 0 Å². The van der Waals surface area contributed by atoms with E-state index in [1.807, 2.05) is 36.5 Å². The molecule has 0 radical (unpaired) electrons. The van der Waals surface area contributed by atoms with Gasteiger partial charge in [0.15, 0.2) is 0 Å². The van der Waals surface area contributed by atoms with Crippen LogP contribution < -0.4 is 19.3 Å². The van der Waals surface area contributed by atoms with Gasteiger partial charge in [-0.2, -0.15) is 12.1 Å². The first-order chi connectivity index (χ1) is 31.8. The molecule has 6 aromatic carbocycles. The van der Waals surface area contributed by atoms with Crippen molar-refractivity contribution >= 4 is 44.6 Å². The van der Waals surface area contributed by atoms with Crippen LogP contribution in [0.25, 0.3) is 27.6 Å². The van der Waals surface area contributed by atoms with Crippen molar-refractivity contribution in [2.24, 2.45) is 0 Å². The van der Waals surface area contributed by atoms with Crippen LogP contribution in [0.5, 0.6) is 23.0 Å². The number of nitrogens with zero attached hydrogens (tertiary/aromatic N) is 4. The quantitative estimate of drug-likeness (QED) is 0.149. The number of para-hydroxylation sites is 3. The van der Waals surface area contributed by atoms with E-state index in [1.165, 1.54) is 27.8 Å². The Morgan fingerprint density at radius 1 is 0.493 bits per heavy atom. The Labute approximate surface area is 426 Å². The zero-order valence-electron chi connectivity index (χ0n) is 43.1. The summed E-state index contributed by atoms with van der Waals surface area (Å²) in [5, 5.41) is 2.15. The van der Waals surface area contributed by atoms with E-state index in [1.54, 1.807) is 0 Å². The van der Waals surface area contributed by atoms with Crippen molar-refractivity contribution in [3.63, 3.8) is 0 Å². The molecule has 1 aliphatic rings. The second kappa shape index (κ2) is 17.8. The largest absolute Gasteiger partial charge is 0.509 e. The number of aromatic nitrogens is 2. The van der Waals surface area contributed by atoms with Crippen LogP contribution in [0.4, 0.5) is 22.7 Å². The third-order valence-electron chi connectivity index (χ3n) is 13.1. The van der Waals surface area contributed by atoms with E-state index in [-0.39, 0.29) is 48.1 Å². The number of rotatable bonds is 7. The van der Waals surface area contributed by atoms with E-state index in [0.29, 0.717) is 11.5 Å². The normalized spacial score (nSPS) is 13.5. The van der Waals surface area contributed by atoms with Crippen LogP contribution in [0.1, 0.15) is 132 Å². The average Bonchev–Trinajstić information content (AvgIpc) is 3.81. The smallest absolute Gasteiger partial charge is 0.139 e. The molecule has 3 heterocycles. The molecule has 9 rings (SSSR count). The topological polar surface area (TPSA) is 42.8 Å². The third-order valence-corrected chi connectivity index (χ3v) is 13.1. The Kier molecular flexibility index (Phi) is 12.8. The van der Waals surface area contributed by atoms with Gasteiger partial charge >= 0.3 is 0 Å². The summed E-state index contributed by atoms with van der Waals surface area (Å²) in [5.41, 5.74) is 12.0. The molecule has 7 heteroatoms. The molecule has 0 bridgehead atoms. The van der Waals surface area contributed by atoms with E-state index in [9.17, 15) is 0 Å².